The number of aliphatic hydroxyl groups excluding tert-OH is 1. The van der Waals surface area contributed by atoms with Crippen LogP contribution in [0.1, 0.15) is 71.6 Å². The van der Waals surface area contributed by atoms with Gasteiger partial charge >= 0.3 is 0 Å². The van der Waals surface area contributed by atoms with Gasteiger partial charge in [0.25, 0.3) is 0 Å². The second-order valence-corrected chi connectivity index (χ2v) is 10.2. The van der Waals surface area contributed by atoms with E-state index in [9.17, 15) is 5.11 Å². The molecular formula is C21H40N2O+2. The van der Waals surface area contributed by atoms with Crippen LogP contribution in [0.4, 0.5) is 0 Å². The van der Waals surface area contributed by atoms with Crippen molar-refractivity contribution in [1.82, 2.24) is 0 Å². The molecule has 8 atom stereocenters. The second-order valence-electron chi connectivity index (χ2n) is 10.2. The van der Waals surface area contributed by atoms with Crippen molar-refractivity contribution >= 4 is 0 Å². The Kier molecular flexibility index (Phi) is 4.50. The second kappa shape index (κ2) is 6.25. The fourth-order valence-corrected chi connectivity index (χ4v) is 7.98. The van der Waals surface area contributed by atoms with Crippen molar-refractivity contribution in [2.24, 2.45) is 34.5 Å². The van der Waals surface area contributed by atoms with Gasteiger partial charge in [-0.2, -0.15) is 0 Å². The maximum atomic E-state index is 10.2. The highest BCUT2D eigenvalue weighted by atomic mass is 16.3. The summed E-state index contributed by atoms with van der Waals surface area (Å²) in [4.78, 5) is 0. The van der Waals surface area contributed by atoms with E-state index in [0.717, 1.165) is 49.1 Å². The van der Waals surface area contributed by atoms with Crippen LogP contribution in [0.25, 0.3) is 0 Å². The van der Waals surface area contributed by atoms with Crippen molar-refractivity contribution in [2.45, 2.75) is 83.8 Å². The quantitative estimate of drug-likeness (QED) is 0.719. The number of quaternary nitrogens is 2. The monoisotopic (exact) mass is 336 g/mol. The molecule has 0 amide bonds. The molecule has 0 bridgehead atoms. The van der Waals surface area contributed by atoms with Gasteiger partial charge < -0.3 is 16.2 Å². The van der Waals surface area contributed by atoms with Crippen LogP contribution in [0.2, 0.25) is 0 Å². The lowest BCUT2D eigenvalue weighted by Gasteiger charge is -2.60. The Hall–Kier alpha value is -0.120. The molecule has 0 unspecified atom stereocenters. The van der Waals surface area contributed by atoms with E-state index in [-0.39, 0.29) is 6.10 Å². The van der Waals surface area contributed by atoms with Crippen molar-refractivity contribution in [1.29, 1.82) is 0 Å². The van der Waals surface area contributed by atoms with Gasteiger partial charge in [-0.25, -0.2) is 0 Å². The molecule has 3 nitrogen and oxygen atoms in total. The van der Waals surface area contributed by atoms with E-state index in [1.54, 1.807) is 0 Å². The molecule has 0 radical (unpaired) electrons. The maximum absolute atomic E-state index is 10.2. The van der Waals surface area contributed by atoms with Gasteiger partial charge in [0.1, 0.15) is 13.1 Å². The third kappa shape index (κ3) is 2.49. The minimum absolute atomic E-state index is 0.0124. The van der Waals surface area contributed by atoms with Crippen molar-refractivity contribution < 1.29 is 16.2 Å². The van der Waals surface area contributed by atoms with Crippen LogP contribution in [0.5, 0.6) is 0 Å². The molecule has 138 valence electrons. The summed E-state index contributed by atoms with van der Waals surface area (Å²) in [6.07, 6.45) is 12.0. The highest BCUT2D eigenvalue weighted by molar-refractivity contribution is 5.09. The van der Waals surface area contributed by atoms with E-state index in [4.69, 9.17) is 0 Å². The van der Waals surface area contributed by atoms with Crippen molar-refractivity contribution in [3.8, 4) is 0 Å². The lowest BCUT2D eigenvalue weighted by molar-refractivity contribution is -0.712. The number of aliphatic hydroxyl groups is 1. The Morgan fingerprint density at radius 3 is 2.50 bits per heavy atom. The van der Waals surface area contributed by atoms with Gasteiger partial charge in [0.05, 0.1) is 12.1 Å². The van der Waals surface area contributed by atoms with Crippen LogP contribution in [0.3, 0.4) is 0 Å². The number of fused-ring (bicyclic) bond motifs is 5. The highest BCUT2D eigenvalue weighted by Crippen LogP contribution is 2.65. The average molecular weight is 337 g/mol. The molecule has 4 rings (SSSR count). The van der Waals surface area contributed by atoms with Crippen LogP contribution >= 0.6 is 0 Å². The third-order valence-electron chi connectivity index (χ3n) is 9.37. The van der Waals surface area contributed by atoms with E-state index >= 15 is 0 Å². The summed E-state index contributed by atoms with van der Waals surface area (Å²) < 4.78 is 0. The molecule has 0 aliphatic heterocycles. The summed E-state index contributed by atoms with van der Waals surface area (Å²) >= 11 is 0. The molecule has 4 aliphatic carbocycles. The Morgan fingerprint density at radius 2 is 1.71 bits per heavy atom. The van der Waals surface area contributed by atoms with E-state index in [0.29, 0.717) is 10.8 Å². The first-order valence-corrected chi connectivity index (χ1v) is 10.8. The standard InChI is InChI=1S/C21H38N2O/c1-20-9-7-15(24)13-14(20)3-4-16-17-5-6-19(23-12-11-22)21(17,2)10-8-18(16)20/h14-19,23-24H,3-13,22H2,1-2H3/p+2/t14-,15-,16-,17+,18-,19-,20+,21+/m0/s1. The first-order chi connectivity index (χ1) is 11.5. The van der Waals surface area contributed by atoms with Crippen molar-refractivity contribution in [3.05, 3.63) is 0 Å². The van der Waals surface area contributed by atoms with Gasteiger partial charge in [0.15, 0.2) is 0 Å². The SMILES string of the molecule is C[C@@]12CC[C@H]3[C@@H](CC[C@H]4C[C@@H](O)CC[C@]43C)[C@H]1CC[C@@H]2[NH2+]CC[NH3+]. The predicted octanol–water partition coefficient (Wildman–Crippen LogP) is 1.56. The van der Waals surface area contributed by atoms with Crippen molar-refractivity contribution in [3.63, 3.8) is 0 Å². The minimum atomic E-state index is -0.0124. The molecule has 0 aromatic carbocycles. The zero-order valence-corrected chi connectivity index (χ0v) is 16.0. The van der Waals surface area contributed by atoms with E-state index in [2.05, 4.69) is 24.9 Å². The first-order valence-electron chi connectivity index (χ1n) is 10.8. The molecule has 0 aromatic heterocycles. The minimum Gasteiger partial charge on any atom is -0.393 e. The third-order valence-corrected chi connectivity index (χ3v) is 9.37. The molecule has 0 heterocycles. The van der Waals surface area contributed by atoms with Crippen molar-refractivity contribution in [2.75, 3.05) is 13.1 Å². The van der Waals surface area contributed by atoms with Gasteiger partial charge in [-0.1, -0.05) is 13.8 Å². The normalized spacial score (nSPS) is 54.0. The Labute approximate surface area is 148 Å². The fraction of sp³-hybridized carbons (Fsp3) is 1.00. The van der Waals surface area contributed by atoms with Crippen LogP contribution in [-0.2, 0) is 0 Å². The zero-order chi connectivity index (χ0) is 16.9. The number of hydrogen-bond donors (Lipinski definition) is 3. The zero-order valence-electron chi connectivity index (χ0n) is 16.0. The Morgan fingerprint density at radius 1 is 0.958 bits per heavy atom. The molecule has 0 saturated heterocycles. The first kappa shape index (κ1) is 17.3. The van der Waals surface area contributed by atoms with Crippen LogP contribution in [0, 0.1) is 34.5 Å². The van der Waals surface area contributed by atoms with Gasteiger partial charge in [-0.15, -0.1) is 0 Å². The maximum Gasteiger partial charge on any atom is 0.125 e. The summed E-state index contributed by atoms with van der Waals surface area (Å²) in [5, 5.41) is 12.8. The topological polar surface area (TPSA) is 64.5 Å². The van der Waals surface area contributed by atoms with E-state index in [1.807, 2.05) is 0 Å². The number of nitrogens with two attached hydrogens (primary N) is 1. The molecule has 4 aliphatic rings. The van der Waals surface area contributed by atoms with Gasteiger partial charge in [0.2, 0.25) is 0 Å². The summed E-state index contributed by atoms with van der Waals surface area (Å²) in [6, 6.07) is 0.851. The van der Waals surface area contributed by atoms with Gasteiger partial charge in [-0.3, -0.25) is 0 Å². The van der Waals surface area contributed by atoms with Crippen LogP contribution in [0.15, 0.2) is 0 Å². The highest BCUT2D eigenvalue weighted by Gasteiger charge is 2.61. The fourth-order valence-electron chi connectivity index (χ4n) is 7.98. The van der Waals surface area contributed by atoms with E-state index < -0.39 is 0 Å². The smallest absolute Gasteiger partial charge is 0.125 e. The largest absolute Gasteiger partial charge is 0.393 e. The lowest BCUT2D eigenvalue weighted by Crippen LogP contribution is -2.95. The van der Waals surface area contributed by atoms with Crippen LogP contribution in [-0.4, -0.2) is 30.3 Å². The summed E-state index contributed by atoms with van der Waals surface area (Å²) in [5.41, 5.74) is 5.15. The molecule has 6 N–H and O–H groups in total. The molecule has 3 heteroatoms. The Balaban J connectivity index is 1.54. The molecule has 4 saturated carbocycles. The number of hydrogen-bond acceptors (Lipinski definition) is 1. The van der Waals surface area contributed by atoms with Crippen LogP contribution < -0.4 is 11.1 Å². The lowest BCUT2D eigenvalue weighted by atomic mass is 9.45. The molecule has 0 aromatic rings. The summed E-state index contributed by atoms with van der Waals surface area (Å²) in [5.74, 6) is 3.67. The molecule has 4 fully saturated rings. The molecule has 0 spiro atoms. The van der Waals surface area contributed by atoms with Gasteiger partial charge in [0, 0.05) is 11.8 Å². The number of rotatable bonds is 3. The van der Waals surface area contributed by atoms with E-state index in [1.165, 1.54) is 51.5 Å². The average Bonchev–Trinajstić information content (AvgIpc) is 2.90. The van der Waals surface area contributed by atoms with Gasteiger partial charge in [-0.05, 0) is 80.5 Å². The predicted molar refractivity (Wildman–Crippen MR) is 96.1 cm³/mol. The molecular weight excluding hydrogens is 296 g/mol. The summed E-state index contributed by atoms with van der Waals surface area (Å²) in [6.45, 7) is 7.50. The summed E-state index contributed by atoms with van der Waals surface area (Å²) in [7, 11) is 0. The molecule has 24 heavy (non-hydrogen) atoms. The Bertz CT molecular complexity index is 469.